The lowest BCUT2D eigenvalue weighted by atomic mass is 9.96. The van der Waals surface area contributed by atoms with Gasteiger partial charge in [-0.2, -0.15) is 0 Å². The highest BCUT2D eigenvalue weighted by Crippen LogP contribution is 2.56. The van der Waals surface area contributed by atoms with Gasteiger partial charge in [0.2, 0.25) is 0 Å². The number of imide groups is 2. The molecule has 4 unspecified atom stereocenters. The van der Waals surface area contributed by atoms with Gasteiger partial charge in [0, 0.05) is 96.2 Å². The first-order chi connectivity index (χ1) is 42.7. The number of nitrogens with one attached hydrogen (secondary N) is 1. The minimum absolute atomic E-state index is 0. The topological polar surface area (TPSA) is 142 Å². The monoisotopic (exact) mass is 1160 g/mol. The molecule has 1 N–H and O–H groups in total. The van der Waals surface area contributed by atoms with Gasteiger partial charge in [0.15, 0.2) is 5.78 Å². The van der Waals surface area contributed by atoms with Crippen molar-refractivity contribution in [3.05, 3.63) is 215 Å². The molecule has 432 valence electrons. The zero-order valence-corrected chi connectivity index (χ0v) is 47.6. The summed E-state index contributed by atoms with van der Waals surface area (Å²) in [7, 11) is 3.24. The molecule has 0 saturated heterocycles. The van der Waals surface area contributed by atoms with Crippen LogP contribution in [0.5, 0.6) is 11.5 Å². The van der Waals surface area contributed by atoms with Crippen molar-refractivity contribution in [3.8, 4) is 11.5 Å². The molecule has 0 spiro atoms. The van der Waals surface area contributed by atoms with Gasteiger partial charge in [-0.25, -0.2) is 0 Å². The first-order valence-electron chi connectivity index (χ1n) is 30.0. The predicted molar refractivity (Wildman–Crippen MR) is 343 cm³/mol. The van der Waals surface area contributed by atoms with Crippen molar-refractivity contribution in [2.45, 2.75) is 83.0 Å². The number of nitrogens with zero attached hydrogens (tertiary/aromatic N) is 6. The largest absolute Gasteiger partial charge is 0.497 e. The predicted octanol–water partition coefficient (Wildman–Crippen LogP) is 14.6. The average Bonchev–Trinajstić information content (AvgIpc) is 1.52. The summed E-state index contributed by atoms with van der Waals surface area (Å²) in [5, 5.41) is 11.2. The van der Waals surface area contributed by atoms with Crippen LogP contribution in [0.4, 0.5) is 0 Å². The Kier molecular flexibility index (Phi) is 11.3. The number of para-hydroxylation sites is 4. The summed E-state index contributed by atoms with van der Waals surface area (Å²) in [6.07, 6.45) is 3.11. The van der Waals surface area contributed by atoms with Gasteiger partial charge in [0.1, 0.15) is 11.5 Å². The Hall–Kier alpha value is -10.3. The fourth-order valence-electron chi connectivity index (χ4n) is 16.5. The van der Waals surface area contributed by atoms with Gasteiger partial charge in [0.25, 0.3) is 23.6 Å². The quantitative estimate of drug-likeness (QED) is 0.141. The van der Waals surface area contributed by atoms with E-state index in [2.05, 4.69) is 96.4 Å². The maximum Gasteiger partial charge on any atom is 0.262 e. The third-order valence-corrected chi connectivity index (χ3v) is 20.0. The van der Waals surface area contributed by atoms with Gasteiger partial charge >= 0.3 is 0 Å². The zero-order chi connectivity index (χ0) is 58.2. The molecule has 19 rings (SSSR count). The molecule has 4 aromatic heterocycles. The van der Waals surface area contributed by atoms with Crippen LogP contribution >= 0.6 is 0 Å². The number of carbonyl (C=O) groups excluding carboxylic acids is 5. The minimum Gasteiger partial charge on any atom is -0.497 e. The molecule has 6 aliphatic rings. The highest BCUT2D eigenvalue weighted by Gasteiger charge is 2.49. The van der Waals surface area contributed by atoms with Crippen molar-refractivity contribution in [2.24, 2.45) is 0 Å². The molecule has 9 aromatic carbocycles. The average molecular weight is 1160 g/mol. The Morgan fingerprint density at radius 2 is 0.795 bits per heavy atom. The summed E-state index contributed by atoms with van der Waals surface area (Å²) >= 11 is 0. The van der Waals surface area contributed by atoms with Gasteiger partial charge < -0.3 is 33.1 Å². The van der Waals surface area contributed by atoms with E-state index >= 15 is 0 Å². The molecule has 13 aromatic rings. The summed E-state index contributed by atoms with van der Waals surface area (Å²) in [6, 6.07) is 58.9. The van der Waals surface area contributed by atoms with E-state index in [0.717, 1.165) is 123 Å². The zero-order valence-electron chi connectivity index (χ0n) is 47.6. The van der Waals surface area contributed by atoms with Gasteiger partial charge in [-0.3, -0.25) is 33.8 Å². The molecule has 88 heavy (non-hydrogen) atoms. The molecule has 14 nitrogen and oxygen atoms in total. The highest BCUT2D eigenvalue weighted by atomic mass is 16.5. The molecule has 2 aliphatic carbocycles. The number of hydrogen-bond acceptors (Lipinski definition) is 8. The third kappa shape index (κ3) is 6.94. The summed E-state index contributed by atoms with van der Waals surface area (Å²) < 4.78 is 20.1. The summed E-state index contributed by atoms with van der Waals surface area (Å²) in [4.78, 5) is 74.1. The molecule has 2 fully saturated rings. The van der Waals surface area contributed by atoms with Crippen molar-refractivity contribution in [2.75, 3.05) is 14.2 Å². The molecule has 14 heteroatoms. The van der Waals surface area contributed by atoms with Crippen molar-refractivity contribution in [1.29, 1.82) is 0 Å². The molecule has 4 aliphatic heterocycles. The van der Waals surface area contributed by atoms with Gasteiger partial charge in [-0.15, -0.1) is 0 Å². The number of Topliss-reactive ketones (excluding diaryl/α,β-unsaturated/α-hetero) is 1. The minimum atomic E-state index is -0.296. The van der Waals surface area contributed by atoms with E-state index in [-0.39, 0.29) is 80.1 Å². The van der Waals surface area contributed by atoms with E-state index in [1.165, 1.54) is 15.4 Å². The Bertz CT molecular complexity index is 5240. The van der Waals surface area contributed by atoms with E-state index in [1.54, 1.807) is 14.2 Å². The number of fused-ring (bicyclic) bond motifs is 26. The third-order valence-electron chi connectivity index (χ3n) is 20.0. The maximum absolute atomic E-state index is 14.6. The van der Waals surface area contributed by atoms with Gasteiger partial charge in [0.05, 0.1) is 83.7 Å². The van der Waals surface area contributed by atoms with Crippen LogP contribution in [-0.2, 0) is 24.4 Å². The van der Waals surface area contributed by atoms with E-state index < -0.39 is 0 Å². The number of ketones is 1. The van der Waals surface area contributed by atoms with E-state index in [1.807, 2.05) is 103 Å². The molecule has 5 atom stereocenters. The maximum atomic E-state index is 14.6. The molecule has 4 bridgehead atoms. The number of benzene rings is 9. The molecule has 2 saturated carbocycles. The number of aromatic nitrogens is 4. The standard InChI is InChI=1S/C40H32N4O3.C33H23N3O4.CH4/c1-47-26-17-15-24(16-18-26)22-42-39(45)35-33-27-11-5-7-13-30(27)43-25-19-29(41-21-23-9-3-2-4-10-23)32(20-25)44-31-14-8-6-12-28(31)34(36(35)40(42)46)38(44)37(33)43;1-40-19-12-10-17(11-13-19)16-34-32(38)28-26-20-6-2-4-8-22(20)35-18-14-24(25(37)15-18)36-23-9-5-3-7-21(23)27(29(28)33(34)39)31(36)30(26)35;/h2-18,25,29,32,41H,19-22H2,1H3;2-13,18,24H,14-16H2,1H3;1H4/t25?,29-,32?;;/m0../s1. The second-order valence-corrected chi connectivity index (χ2v) is 24.3. The molecule has 4 amide bonds. The highest BCUT2D eigenvalue weighted by molar-refractivity contribution is 6.41. The second kappa shape index (κ2) is 19.1. The number of carbonyl (C=O) groups is 5. The van der Waals surface area contributed by atoms with Crippen molar-refractivity contribution in [1.82, 2.24) is 33.4 Å². The van der Waals surface area contributed by atoms with E-state index in [0.29, 0.717) is 40.8 Å². The van der Waals surface area contributed by atoms with Crippen LogP contribution in [0.1, 0.15) is 115 Å². The SMILES string of the molecule is C.COc1ccc(CN2C(=O)c3c(c4c5ccccc5n5c4c4c3c3ccccc3n4C3CC(=O)C5C3)C2=O)cc1.COc1ccc(CN2C(=O)c3c(c4c5ccccc5n5c4c4c3c3ccccc3n4C3CC5[C@@H](NCc4ccccc4)C3)C2=O)cc1. The molecule has 0 radical (unpaired) electrons. The van der Waals surface area contributed by atoms with E-state index in [4.69, 9.17) is 9.47 Å². The van der Waals surface area contributed by atoms with Crippen LogP contribution in [0.3, 0.4) is 0 Å². The fraction of sp³-hybridized carbons (Fsp3) is 0.203. The lowest BCUT2D eigenvalue weighted by molar-refractivity contribution is -0.120. The Morgan fingerprint density at radius 3 is 1.25 bits per heavy atom. The van der Waals surface area contributed by atoms with Crippen LogP contribution in [0.15, 0.2) is 176 Å². The first kappa shape index (κ1) is 52.1. The number of amides is 4. The van der Waals surface area contributed by atoms with Crippen molar-refractivity contribution < 1.29 is 33.4 Å². The second-order valence-electron chi connectivity index (χ2n) is 24.3. The molecular formula is C74H59N7O7. The summed E-state index contributed by atoms with van der Waals surface area (Å²) in [6.45, 7) is 1.16. The lowest BCUT2D eigenvalue weighted by Crippen LogP contribution is -2.34. The number of rotatable bonds is 9. The van der Waals surface area contributed by atoms with Crippen LogP contribution in [-0.4, -0.2) is 77.7 Å². The normalized spacial score (nSPS) is 19.6. The fourth-order valence-corrected chi connectivity index (χ4v) is 16.5. The summed E-state index contributed by atoms with van der Waals surface area (Å²) in [5.74, 6) is 0.652. The van der Waals surface area contributed by atoms with Gasteiger partial charge in [-0.1, -0.05) is 135 Å². The van der Waals surface area contributed by atoms with Crippen molar-refractivity contribution in [3.63, 3.8) is 0 Å². The number of hydrogen-bond donors (Lipinski definition) is 1. The lowest BCUT2D eigenvalue weighted by Gasteiger charge is -2.25. The Balaban J connectivity index is 0.000000137. The number of methoxy groups -OCH3 is 2. The Labute approximate surface area is 504 Å². The molecule has 8 heterocycles. The van der Waals surface area contributed by atoms with Crippen LogP contribution < -0.4 is 14.8 Å². The molecular weight excluding hydrogens is 1100 g/mol. The van der Waals surface area contributed by atoms with E-state index in [9.17, 15) is 24.0 Å². The van der Waals surface area contributed by atoms with Crippen molar-refractivity contribution >= 4 is 117 Å². The van der Waals surface area contributed by atoms with Crippen LogP contribution in [0.25, 0.3) is 87.2 Å². The van der Waals surface area contributed by atoms with Gasteiger partial charge in [-0.05, 0) is 84.5 Å². The summed E-state index contributed by atoms with van der Waals surface area (Å²) in [5.41, 5.74) is 13.2. The smallest absolute Gasteiger partial charge is 0.262 e. The first-order valence-corrected chi connectivity index (χ1v) is 30.0. The Morgan fingerprint density at radius 1 is 0.409 bits per heavy atom. The number of ether oxygens (including phenoxy) is 2. The van der Waals surface area contributed by atoms with Crippen LogP contribution in [0.2, 0.25) is 0 Å². The van der Waals surface area contributed by atoms with Crippen LogP contribution in [0, 0.1) is 0 Å².